The Labute approximate surface area is 114 Å². The Kier molecular flexibility index (Phi) is 6.42. The molecule has 0 aromatic carbocycles. The van der Waals surface area contributed by atoms with E-state index in [4.69, 9.17) is 0 Å². The van der Waals surface area contributed by atoms with Crippen molar-refractivity contribution in [1.82, 2.24) is 0 Å². The maximum atomic E-state index is 10.1. The molecule has 0 spiro atoms. The summed E-state index contributed by atoms with van der Waals surface area (Å²) in [6.45, 7) is 16.3. The van der Waals surface area contributed by atoms with Gasteiger partial charge in [0.25, 0.3) is 0 Å². The molecule has 0 amide bonds. The third-order valence-corrected chi connectivity index (χ3v) is 3.27. The lowest BCUT2D eigenvalue weighted by Crippen LogP contribution is -2.18. The van der Waals surface area contributed by atoms with E-state index in [9.17, 15) is 5.11 Å². The van der Waals surface area contributed by atoms with E-state index in [2.05, 4.69) is 56.3 Å². The van der Waals surface area contributed by atoms with Crippen molar-refractivity contribution in [2.24, 2.45) is 11.3 Å². The van der Waals surface area contributed by atoms with Gasteiger partial charge in [-0.25, -0.2) is 0 Å². The summed E-state index contributed by atoms with van der Waals surface area (Å²) >= 11 is 3.33. The van der Waals surface area contributed by atoms with Gasteiger partial charge in [0.2, 0.25) is 0 Å². The molecule has 0 aliphatic rings. The molecule has 0 aliphatic heterocycles. The molecule has 0 aromatic rings. The standard InChI is InChI=1S/C15H25BrO/c1-10(9-15(5,6)7)8-11(2)14(17)12(3)13(4)16/h8-9,12,14,17H,4H2,1-3,5-7H3/b10-9+,11-8+/t12-,14-/m0/s1. The molecule has 0 heterocycles. The number of halogens is 1. The van der Waals surface area contributed by atoms with E-state index in [-0.39, 0.29) is 11.3 Å². The Balaban J connectivity index is 4.87. The molecule has 1 N–H and O–H groups in total. The number of aliphatic hydroxyl groups is 1. The highest BCUT2D eigenvalue weighted by Crippen LogP contribution is 2.24. The van der Waals surface area contributed by atoms with Gasteiger partial charge in [0.05, 0.1) is 6.10 Å². The van der Waals surface area contributed by atoms with Crippen LogP contribution in [0.3, 0.4) is 0 Å². The summed E-state index contributed by atoms with van der Waals surface area (Å²) in [6.07, 6.45) is 3.77. The second-order valence-electron chi connectivity index (χ2n) is 5.82. The van der Waals surface area contributed by atoms with Gasteiger partial charge in [-0.05, 0) is 29.3 Å². The topological polar surface area (TPSA) is 20.2 Å². The Morgan fingerprint density at radius 3 is 2.12 bits per heavy atom. The van der Waals surface area contributed by atoms with Crippen LogP contribution in [0.25, 0.3) is 0 Å². The second-order valence-corrected chi connectivity index (χ2v) is 6.84. The van der Waals surface area contributed by atoms with Crippen molar-refractivity contribution in [3.05, 3.63) is 34.4 Å². The molecule has 98 valence electrons. The quantitative estimate of drug-likeness (QED) is 0.737. The first-order valence-electron chi connectivity index (χ1n) is 5.94. The zero-order chi connectivity index (χ0) is 13.8. The molecule has 2 heteroatoms. The van der Waals surface area contributed by atoms with Crippen LogP contribution in [0.4, 0.5) is 0 Å². The van der Waals surface area contributed by atoms with Gasteiger partial charge >= 0.3 is 0 Å². The first-order chi connectivity index (χ1) is 7.54. The normalized spacial score (nSPS) is 17.9. The van der Waals surface area contributed by atoms with Crippen LogP contribution in [0.2, 0.25) is 0 Å². The highest BCUT2D eigenvalue weighted by Gasteiger charge is 2.17. The van der Waals surface area contributed by atoms with E-state index < -0.39 is 6.10 Å². The predicted molar refractivity (Wildman–Crippen MR) is 80.2 cm³/mol. The molecule has 0 unspecified atom stereocenters. The molecule has 0 aromatic heterocycles. The van der Waals surface area contributed by atoms with Crippen molar-refractivity contribution < 1.29 is 5.11 Å². The highest BCUT2D eigenvalue weighted by atomic mass is 79.9. The molecule has 17 heavy (non-hydrogen) atoms. The van der Waals surface area contributed by atoms with Crippen LogP contribution in [0.5, 0.6) is 0 Å². The summed E-state index contributed by atoms with van der Waals surface area (Å²) in [5, 5.41) is 10.1. The predicted octanol–water partition coefficient (Wildman–Crippen LogP) is 4.83. The molecular formula is C15H25BrO. The minimum Gasteiger partial charge on any atom is -0.388 e. The smallest absolute Gasteiger partial charge is 0.0821 e. The van der Waals surface area contributed by atoms with E-state index in [1.54, 1.807) is 0 Å². The number of aliphatic hydroxyl groups excluding tert-OH is 1. The van der Waals surface area contributed by atoms with Crippen LogP contribution in [0.15, 0.2) is 34.4 Å². The van der Waals surface area contributed by atoms with Gasteiger partial charge in [-0.3, -0.25) is 0 Å². The lowest BCUT2D eigenvalue weighted by atomic mass is 9.92. The molecule has 0 fully saturated rings. The molecule has 0 bridgehead atoms. The van der Waals surface area contributed by atoms with Crippen molar-refractivity contribution in [2.75, 3.05) is 0 Å². The summed E-state index contributed by atoms with van der Waals surface area (Å²) in [6, 6.07) is 0. The van der Waals surface area contributed by atoms with Crippen molar-refractivity contribution in [3.8, 4) is 0 Å². The van der Waals surface area contributed by atoms with E-state index in [1.807, 2.05) is 19.9 Å². The molecule has 0 aliphatic carbocycles. The van der Waals surface area contributed by atoms with Crippen LogP contribution in [0, 0.1) is 11.3 Å². The Bertz CT molecular complexity index is 331. The van der Waals surface area contributed by atoms with Gasteiger partial charge in [-0.15, -0.1) is 0 Å². The monoisotopic (exact) mass is 300 g/mol. The molecule has 2 atom stereocenters. The number of allylic oxidation sites excluding steroid dienone is 3. The fourth-order valence-corrected chi connectivity index (χ4v) is 1.99. The second kappa shape index (κ2) is 6.55. The summed E-state index contributed by atoms with van der Waals surface area (Å²) in [5.74, 6) is 0.0219. The average molecular weight is 301 g/mol. The number of rotatable bonds is 4. The van der Waals surface area contributed by atoms with Crippen molar-refractivity contribution in [2.45, 2.75) is 47.6 Å². The minimum atomic E-state index is -0.481. The van der Waals surface area contributed by atoms with Crippen molar-refractivity contribution >= 4 is 15.9 Å². The fraction of sp³-hybridized carbons (Fsp3) is 0.600. The van der Waals surface area contributed by atoms with Gasteiger partial charge < -0.3 is 5.11 Å². The zero-order valence-electron chi connectivity index (χ0n) is 11.8. The summed E-state index contributed by atoms with van der Waals surface area (Å²) in [4.78, 5) is 0. The third-order valence-electron chi connectivity index (χ3n) is 2.55. The van der Waals surface area contributed by atoms with Gasteiger partial charge in [-0.1, -0.05) is 67.9 Å². The molecule has 0 radical (unpaired) electrons. The number of hydrogen-bond acceptors (Lipinski definition) is 1. The minimum absolute atomic E-state index is 0.0219. The Hall–Kier alpha value is -0.340. The first-order valence-corrected chi connectivity index (χ1v) is 6.74. The van der Waals surface area contributed by atoms with Gasteiger partial charge in [0, 0.05) is 5.92 Å². The van der Waals surface area contributed by atoms with E-state index >= 15 is 0 Å². The summed E-state index contributed by atoms with van der Waals surface area (Å²) < 4.78 is 0.829. The third kappa shape index (κ3) is 6.85. The van der Waals surface area contributed by atoms with Gasteiger partial charge in [0.1, 0.15) is 0 Å². The van der Waals surface area contributed by atoms with Crippen LogP contribution in [-0.2, 0) is 0 Å². The maximum Gasteiger partial charge on any atom is 0.0821 e. The van der Waals surface area contributed by atoms with E-state index in [0.717, 1.165) is 10.1 Å². The Morgan fingerprint density at radius 1 is 1.29 bits per heavy atom. The zero-order valence-corrected chi connectivity index (χ0v) is 13.4. The first kappa shape index (κ1) is 16.7. The number of hydrogen-bond donors (Lipinski definition) is 1. The van der Waals surface area contributed by atoms with Crippen LogP contribution >= 0.6 is 15.9 Å². The van der Waals surface area contributed by atoms with Crippen molar-refractivity contribution in [3.63, 3.8) is 0 Å². The average Bonchev–Trinajstić information content (AvgIpc) is 2.11. The largest absolute Gasteiger partial charge is 0.388 e. The molecular weight excluding hydrogens is 276 g/mol. The molecule has 0 saturated heterocycles. The highest BCUT2D eigenvalue weighted by molar-refractivity contribution is 9.11. The summed E-state index contributed by atoms with van der Waals surface area (Å²) in [5.41, 5.74) is 2.31. The SMILES string of the molecule is C=C(Br)[C@H](C)[C@@H](O)/C(C)=C/C(C)=C/C(C)(C)C. The molecule has 0 saturated carbocycles. The fourth-order valence-electron chi connectivity index (χ4n) is 1.73. The molecule has 1 nitrogen and oxygen atoms in total. The van der Waals surface area contributed by atoms with Gasteiger partial charge in [0.15, 0.2) is 0 Å². The van der Waals surface area contributed by atoms with Crippen molar-refractivity contribution in [1.29, 1.82) is 0 Å². The van der Waals surface area contributed by atoms with Crippen LogP contribution < -0.4 is 0 Å². The van der Waals surface area contributed by atoms with Crippen LogP contribution in [0.1, 0.15) is 41.5 Å². The summed E-state index contributed by atoms with van der Waals surface area (Å²) in [7, 11) is 0. The maximum absolute atomic E-state index is 10.1. The molecule has 0 rings (SSSR count). The van der Waals surface area contributed by atoms with E-state index in [0.29, 0.717) is 0 Å². The van der Waals surface area contributed by atoms with E-state index in [1.165, 1.54) is 5.57 Å². The lowest BCUT2D eigenvalue weighted by molar-refractivity contribution is 0.172. The van der Waals surface area contributed by atoms with Gasteiger partial charge in [-0.2, -0.15) is 0 Å². The van der Waals surface area contributed by atoms with Crippen LogP contribution in [-0.4, -0.2) is 11.2 Å². The lowest BCUT2D eigenvalue weighted by Gasteiger charge is -2.19. The Morgan fingerprint density at radius 2 is 1.76 bits per heavy atom.